The smallest absolute Gasteiger partial charge is 0.252 e. The van der Waals surface area contributed by atoms with Gasteiger partial charge in [-0.2, -0.15) is 0 Å². The number of fused-ring (bicyclic) bond motifs is 1. The highest BCUT2D eigenvalue weighted by molar-refractivity contribution is 6.07. The number of hydrogen-bond acceptors (Lipinski definition) is 3. The molecule has 1 aromatic heterocycles. The van der Waals surface area contributed by atoms with Crippen LogP contribution in [0.4, 0.5) is 0 Å². The summed E-state index contributed by atoms with van der Waals surface area (Å²) in [6.07, 6.45) is 2.13. The molecular weight excluding hydrogens is 312 g/mol. The van der Waals surface area contributed by atoms with Crippen LogP contribution in [0, 0.1) is 6.92 Å². The zero-order chi connectivity index (χ0) is 17.4. The Morgan fingerprint density at radius 2 is 2.00 bits per heavy atom. The molecule has 0 bridgehead atoms. The number of ether oxygens (including phenoxy) is 1. The lowest BCUT2D eigenvalue weighted by molar-refractivity contribution is 0.0952. The van der Waals surface area contributed by atoms with E-state index in [0.29, 0.717) is 11.6 Å². The van der Waals surface area contributed by atoms with E-state index < -0.39 is 0 Å². The zero-order valence-electron chi connectivity index (χ0n) is 14.4. The Bertz CT molecular complexity index is 961. The maximum atomic E-state index is 12.8. The lowest BCUT2D eigenvalue weighted by atomic mass is 10.0. The summed E-state index contributed by atoms with van der Waals surface area (Å²) in [6, 6.07) is 16.0. The van der Waals surface area contributed by atoms with Gasteiger partial charge >= 0.3 is 0 Å². The number of nitrogens with zero attached hydrogens (tertiary/aromatic N) is 1. The van der Waals surface area contributed by atoms with E-state index in [1.54, 1.807) is 7.11 Å². The second kappa shape index (κ2) is 6.20. The van der Waals surface area contributed by atoms with E-state index in [4.69, 9.17) is 9.72 Å². The van der Waals surface area contributed by atoms with Gasteiger partial charge in [-0.25, -0.2) is 4.98 Å². The van der Waals surface area contributed by atoms with Gasteiger partial charge in [-0.15, -0.1) is 0 Å². The number of amides is 1. The molecule has 1 amide bonds. The van der Waals surface area contributed by atoms with Crippen LogP contribution in [0.1, 0.15) is 28.8 Å². The molecule has 0 saturated heterocycles. The van der Waals surface area contributed by atoms with E-state index in [1.165, 1.54) is 0 Å². The quantitative estimate of drug-likeness (QED) is 0.782. The highest BCUT2D eigenvalue weighted by atomic mass is 16.5. The minimum Gasteiger partial charge on any atom is -0.497 e. The van der Waals surface area contributed by atoms with E-state index in [9.17, 15) is 4.79 Å². The van der Waals surface area contributed by atoms with E-state index >= 15 is 0 Å². The van der Waals surface area contributed by atoms with Crippen molar-refractivity contribution < 1.29 is 9.53 Å². The monoisotopic (exact) mass is 332 g/mol. The molecule has 1 aliphatic carbocycles. The molecule has 1 saturated carbocycles. The maximum Gasteiger partial charge on any atom is 0.252 e. The van der Waals surface area contributed by atoms with Crippen molar-refractivity contribution in [3.05, 3.63) is 59.7 Å². The average Bonchev–Trinajstić information content (AvgIpc) is 3.44. The molecule has 25 heavy (non-hydrogen) atoms. The summed E-state index contributed by atoms with van der Waals surface area (Å²) in [5.41, 5.74) is 4.33. The molecule has 1 aliphatic rings. The average molecular weight is 332 g/mol. The normalized spacial score (nSPS) is 13.7. The summed E-state index contributed by atoms with van der Waals surface area (Å²) in [4.78, 5) is 17.5. The van der Waals surface area contributed by atoms with E-state index in [1.807, 2.05) is 55.5 Å². The van der Waals surface area contributed by atoms with Gasteiger partial charge in [-0.3, -0.25) is 4.79 Å². The summed E-state index contributed by atoms with van der Waals surface area (Å²) >= 11 is 0. The first kappa shape index (κ1) is 15.6. The minimum atomic E-state index is -0.0235. The largest absolute Gasteiger partial charge is 0.497 e. The standard InChI is InChI=1S/C21H20N2O2/c1-13-6-9-19-17(10-13)18(21(24)22-15-7-8-15)12-20(23-19)14-4-3-5-16(11-14)25-2/h3-6,9-12,15H,7-8H2,1-2H3,(H,22,24). The van der Waals surface area contributed by atoms with Crippen molar-refractivity contribution in [1.82, 2.24) is 10.3 Å². The fourth-order valence-electron chi connectivity index (χ4n) is 2.95. The molecule has 1 N–H and O–H groups in total. The number of methoxy groups -OCH3 is 1. The molecule has 0 unspecified atom stereocenters. The number of nitrogens with one attached hydrogen (secondary N) is 1. The number of pyridine rings is 1. The minimum absolute atomic E-state index is 0.0235. The molecule has 0 atom stereocenters. The van der Waals surface area contributed by atoms with Crippen molar-refractivity contribution in [2.24, 2.45) is 0 Å². The number of carbonyl (C=O) groups excluding carboxylic acids is 1. The van der Waals surface area contributed by atoms with Gasteiger partial charge in [0.1, 0.15) is 5.75 Å². The van der Waals surface area contributed by atoms with Crippen molar-refractivity contribution in [3.8, 4) is 17.0 Å². The van der Waals surface area contributed by atoms with Crippen molar-refractivity contribution in [2.45, 2.75) is 25.8 Å². The predicted molar refractivity (Wildman–Crippen MR) is 99.0 cm³/mol. The Hall–Kier alpha value is -2.88. The summed E-state index contributed by atoms with van der Waals surface area (Å²) in [5.74, 6) is 0.747. The lowest BCUT2D eigenvalue weighted by Crippen LogP contribution is -2.25. The first-order chi connectivity index (χ1) is 12.1. The highest BCUT2D eigenvalue weighted by Crippen LogP contribution is 2.28. The lowest BCUT2D eigenvalue weighted by Gasteiger charge is -2.11. The molecule has 4 rings (SSSR count). The molecule has 0 spiro atoms. The number of rotatable bonds is 4. The summed E-state index contributed by atoms with van der Waals surface area (Å²) in [5, 5.41) is 3.98. The summed E-state index contributed by atoms with van der Waals surface area (Å²) in [6.45, 7) is 2.03. The van der Waals surface area contributed by atoms with Gasteiger partial charge in [0, 0.05) is 17.0 Å². The van der Waals surface area contributed by atoms with Gasteiger partial charge in [-0.05, 0) is 50.1 Å². The Balaban J connectivity index is 1.87. The van der Waals surface area contributed by atoms with Crippen LogP contribution in [-0.2, 0) is 0 Å². The second-order valence-electron chi connectivity index (χ2n) is 6.56. The first-order valence-electron chi connectivity index (χ1n) is 8.51. The fourth-order valence-corrected chi connectivity index (χ4v) is 2.95. The van der Waals surface area contributed by atoms with Crippen molar-refractivity contribution in [1.29, 1.82) is 0 Å². The van der Waals surface area contributed by atoms with Crippen LogP contribution in [-0.4, -0.2) is 24.0 Å². The third-order valence-electron chi connectivity index (χ3n) is 4.49. The predicted octanol–water partition coefficient (Wildman–Crippen LogP) is 4.11. The maximum absolute atomic E-state index is 12.8. The van der Waals surface area contributed by atoms with E-state index in [0.717, 1.165) is 46.3 Å². The zero-order valence-corrected chi connectivity index (χ0v) is 14.4. The number of aromatic nitrogens is 1. The SMILES string of the molecule is COc1cccc(-c2cc(C(=O)NC3CC3)c3cc(C)ccc3n2)c1. The van der Waals surface area contributed by atoms with E-state index in [-0.39, 0.29) is 5.91 Å². The van der Waals surface area contributed by atoms with Crippen LogP contribution in [0.2, 0.25) is 0 Å². The molecular formula is C21H20N2O2. The molecule has 1 fully saturated rings. The van der Waals surface area contributed by atoms with Gasteiger partial charge in [0.25, 0.3) is 5.91 Å². The molecule has 4 nitrogen and oxygen atoms in total. The van der Waals surface area contributed by atoms with Gasteiger partial charge in [0.05, 0.1) is 23.9 Å². The number of benzene rings is 2. The van der Waals surface area contributed by atoms with Crippen LogP contribution in [0.3, 0.4) is 0 Å². The van der Waals surface area contributed by atoms with Crippen molar-refractivity contribution in [2.75, 3.05) is 7.11 Å². The molecule has 1 heterocycles. The number of aryl methyl sites for hydroxylation is 1. The summed E-state index contributed by atoms with van der Waals surface area (Å²) < 4.78 is 5.31. The van der Waals surface area contributed by atoms with Crippen molar-refractivity contribution >= 4 is 16.8 Å². The molecule has 0 radical (unpaired) electrons. The number of carbonyl (C=O) groups is 1. The highest BCUT2D eigenvalue weighted by Gasteiger charge is 2.25. The Labute approximate surface area is 146 Å². The summed E-state index contributed by atoms with van der Waals surface area (Å²) in [7, 11) is 1.64. The van der Waals surface area contributed by atoms with Gasteiger partial charge in [0.2, 0.25) is 0 Å². The Morgan fingerprint density at radius 1 is 1.16 bits per heavy atom. The Kier molecular flexibility index (Phi) is 3.88. The third kappa shape index (κ3) is 3.20. The topological polar surface area (TPSA) is 51.2 Å². The van der Waals surface area contributed by atoms with Crippen molar-refractivity contribution in [3.63, 3.8) is 0 Å². The van der Waals surface area contributed by atoms with Crippen LogP contribution in [0.25, 0.3) is 22.2 Å². The first-order valence-corrected chi connectivity index (χ1v) is 8.51. The van der Waals surface area contributed by atoms with E-state index in [2.05, 4.69) is 5.32 Å². The fraction of sp³-hybridized carbons (Fsp3) is 0.238. The Morgan fingerprint density at radius 3 is 2.76 bits per heavy atom. The van der Waals surface area contributed by atoms with Gasteiger partial charge in [-0.1, -0.05) is 23.8 Å². The van der Waals surface area contributed by atoms with Gasteiger partial charge < -0.3 is 10.1 Å². The molecule has 2 aromatic carbocycles. The molecule has 3 aromatic rings. The second-order valence-corrected chi connectivity index (χ2v) is 6.56. The van der Waals surface area contributed by atoms with Crippen LogP contribution < -0.4 is 10.1 Å². The van der Waals surface area contributed by atoms with Crippen LogP contribution in [0.15, 0.2) is 48.5 Å². The van der Waals surface area contributed by atoms with Crippen LogP contribution >= 0.6 is 0 Å². The molecule has 0 aliphatic heterocycles. The third-order valence-corrected chi connectivity index (χ3v) is 4.49. The molecule has 4 heteroatoms. The van der Waals surface area contributed by atoms with Crippen LogP contribution in [0.5, 0.6) is 5.75 Å². The molecule has 126 valence electrons. The van der Waals surface area contributed by atoms with Gasteiger partial charge in [0.15, 0.2) is 0 Å². The number of hydrogen-bond donors (Lipinski definition) is 1.